The number of piperidine rings is 1. The maximum Gasteiger partial charge on any atom is 0.320 e. The molecule has 1 atom stereocenters. The number of ether oxygens (including phenoxy) is 1. The zero-order chi connectivity index (χ0) is 22.8. The van der Waals surface area contributed by atoms with Crippen LogP contribution >= 0.6 is 0 Å². The fourth-order valence-corrected chi connectivity index (χ4v) is 4.12. The molecule has 10 heteroatoms. The molecule has 2 aromatic carbocycles. The van der Waals surface area contributed by atoms with Gasteiger partial charge in [0.2, 0.25) is 0 Å². The van der Waals surface area contributed by atoms with E-state index in [2.05, 4.69) is 4.98 Å². The minimum atomic E-state index is -2.82. The Morgan fingerprint density at radius 2 is 1.81 bits per heavy atom. The van der Waals surface area contributed by atoms with Crippen molar-refractivity contribution in [1.82, 2.24) is 9.55 Å². The number of hydrogen-bond donors (Lipinski definition) is 0. The first-order valence-corrected chi connectivity index (χ1v) is 10.3. The molecule has 1 aromatic heterocycles. The second kappa shape index (κ2) is 8.89. The van der Waals surface area contributed by atoms with Crippen molar-refractivity contribution < 1.29 is 23.2 Å². The van der Waals surface area contributed by atoms with E-state index in [1.54, 1.807) is 42.5 Å². The quantitative estimate of drug-likeness (QED) is 0.306. The van der Waals surface area contributed by atoms with Gasteiger partial charge >= 0.3 is 12.5 Å². The molecule has 4 rings (SSSR count). The van der Waals surface area contributed by atoms with Crippen molar-refractivity contribution in [3.63, 3.8) is 0 Å². The second-order valence-corrected chi connectivity index (χ2v) is 7.69. The van der Waals surface area contributed by atoms with Crippen molar-refractivity contribution in [2.24, 2.45) is 5.92 Å². The number of nitro benzene ring substituents is 1. The van der Waals surface area contributed by atoms with Gasteiger partial charge in [0, 0.05) is 19.2 Å². The number of halogens is 2. The third kappa shape index (κ3) is 4.12. The topological polar surface area (TPSA) is 90.5 Å². The van der Waals surface area contributed by atoms with Crippen LogP contribution in [0.5, 0.6) is 0 Å². The average molecular weight is 444 g/mol. The van der Waals surface area contributed by atoms with Crippen molar-refractivity contribution in [1.29, 1.82) is 0 Å². The molecule has 168 valence electrons. The number of imidazole rings is 1. The number of fused-ring (bicyclic) bond motifs is 1. The maximum absolute atomic E-state index is 13.7. The highest BCUT2D eigenvalue weighted by Gasteiger charge is 2.31. The molecule has 3 aromatic rings. The molecule has 0 N–H and O–H groups in total. The largest absolute Gasteiger partial charge is 0.454 e. The Morgan fingerprint density at radius 1 is 1.16 bits per heavy atom. The highest BCUT2D eigenvalue weighted by molar-refractivity contribution is 5.77. The van der Waals surface area contributed by atoms with E-state index in [0.717, 1.165) is 4.57 Å². The van der Waals surface area contributed by atoms with Gasteiger partial charge in [-0.1, -0.05) is 24.3 Å². The summed E-state index contributed by atoms with van der Waals surface area (Å²) in [6, 6.07) is 13.0. The molecular weight excluding hydrogens is 422 g/mol. The van der Waals surface area contributed by atoms with E-state index < -0.39 is 29.5 Å². The Hall–Kier alpha value is -3.56. The van der Waals surface area contributed by atoms with Gasteiger partial charge in [-0.05, 0) is 38.0 Å². The van der Waals surface area contributed by atoms with E-state index in [0.29, 0.717) is 37.1 Å². The molecule has 1 saturated heterocycles. The normalized spacial score (nSPS) is 15.8. The number of aromatic nitrogens is 2. The van der Waals surface area contributed by atoms with Crippen LogP contribution in [0.3, 0.4) is 0 Å². The standard InChI is InChI=1S/C22H22F2N4O4/c1-14(20-25-16-6-2-3-7-17(16)27(20)22(23)24)32-21(29)15-10-12-26(13-11-15)18-8-4-5-9-19(18)28(30)31/h2-9,14-15,22H,10-13H2,1H3. The third-order valence-electron chi connectivity index (χ3n) is 5.72. The number of nitrogens with zero attached hydrogens (tertiary/aromatic N) is 4. The van der Waals surface area contributed by atoms with Crippen molar-refractivity contribution in [3.8, 4) is 0 Å². The average Bonchev–Trinajstić information content (AvgIpc) is 3.19. The summed E-state index contributed by atoms with van der Waals surface area (Å²) in [5, 5.41) is 11.3. The molecule has 8 nitrogen and oxygen atoms in total. The maximum atomic E-state index is 13.7. The van der Waals surface area contributed by atoms with Gasteiger partial charge in [-0.2, -0.15) is 8.78 Å². The van der Waals surface area contributed by atoms with Crippen LogP contribution in [0.25, 0.3) is 11.0 Å². The van der Waals surface area contributed by atoms with Crippen molar-refractivity contribution in [2.75, 3.05) is 18.0 Å². The summed E-state index contributed by atoms with van der Waals surface area (Å²) in [6.07, 6.45) is -0.0525. The summed E-state index contributed by atoms with van der Waals surface area (Å²) in [5.74, 6) is -0.902. The van der Waals surface area contributed by atoms with Gasteiger partial charge in [0.1, 0.15) is 5.69 Å². The minimum absolute atomic E-state index is 0.00750. The first-order valence-electron chi connectivity index (χ1n) is 10.3. The number of nitro groups is 1. The lowest BCUT2D eigenvalue weighted by Crippen LogP contribution is -2.37. The number of alkyl halides is 2. The van der Waals surface area contributed by atoms with Gasteiger partial charge < -0.3 is 9.64 Å². The molecule has 0 spiro atoms. The lowest BCUT2D eigenvalue weighted by Gasteiger charge is -2.32. The van der Waals surface area contributed by atoms with Gasteiger partial charge in [0.25, 0.3) is 5.69 Å². The number of para-hydroxylation sites is 4. The molecule has 0 amide bonds. The third-order valence-corrected chi connectivity index (χ3v) is 5.72. The lowest BCUT2D eigenvalue weighted by atomic mass is 9.96. The first kappa shape index (κ1) is 21.7. The van der Waals surface area contributed by atoms with Crippen molar-refractivity contribution >= 4 is 28.4 Å². The number of anilines is 1. The van der Waals surface area contributed by atoms with Gasteiger partial charge in [-0.3, -0.25) is 19.5 Å². The van der Waals surface area contributed by atoms with Crippen LogP contribution in [0, 0.1) is 16.0 Å². The Bertz CT molecular complexity index is 1140. The monoisotopic (exact) mass is 444 g/mol. The molecule has 1 unspecified atom stereocenters. The van der Waals surface area contributed by atoms with Gasteiger partial charge in [-0.25, -0.2) is 4.98 Å². The summed E-state index contributed by atoms with van der Waals surface area (Å²) in [4.78, 5) is 29.7. The highest BCUT2D eigenvalue weighted by atomic mass is 19.3. The molecule has 1 aliphatic heterocycles. The van der Waals surface area contributed by atoms with Crippen molar-refractivity contribution in [2.45, 2.75) is 32.4 Å². The number of carbonyl (C=O) groups is 1. The molecule has 0 bridgehead atoms. The predicted molar refractivity (Wildman–Crippen MR) is 114 cm³/mol. The molecule has 1 fully saturated rings. The number of rotatable bonds is 6. The number of carbonyl (C=O) groups excluding carboxylic acids is 1. The van der Waals surface area contributed by atoms with Crippen LogP contribution in [0.1, 0.15) is 38.2 Å². The van der Waals surface area contributed by atoms with Crippen LogP contribution in [0.4, 0.5) is 20.2 Å². The fourth-order valence-electron chi connectivity index (χ4n) is 4.12. The van der Waals surface area contributed by atoms with Crippen LogP contribution in [-0.2, 0) is 9.53 Å². The molecule has 0 radical (unpaired) electrons. The Morgan fingerprint density at radius 3 is 2.50 bits per heavy atom. The summed E-state index contributed by atoms with van der Waals surface area (Å²) in [6.45, 7) is -0.382. The molecule has 0 saturated carbocycles. The summed E-state index contributed by atoms with van der Waals surface area (Å²) in [7, 11) is 0. The van der Waals surface area contributed by atoms with Gasteiger partial charge in [-0.15, -0.1) is 0 Å². The smallest absolute Gasteiger partial charge is 0.320 e. The molecule has 32 heavy (non-hydrogen) atoms. The minimum Gasteiger partial charge on any atom is -0.454 e. The predicted octanol–water partition coefficient (Wildman–Crippen LogP) is 4.86. The second-order valence-electron chi connectivity index (χ2n) is 7.69. The van der Waals surface area contributed by atoms with E-state index in [-0.39, 0.29) is 17.0 Å². The van der Waals surface area contributed by atoms with Crippen molar-refractivity contribution in [3.05, 3.63) is 64.5 Å². The van der Waals surface area contributed by atoms with E-state index in [1.165, 1.54) is 13.0 Å². The summed E-state index contributed by atoms with van der Waals surface area (Å²) in [5.41, 5.74) is 1.22. The number of benzene rings is 2. The van der Waals surface area contributed by atoms with Crippen LogP contribution in [0.2, 0.25) is 0 Å². The molecule has 1 aliphatic rings. The zero-order valence-corrected chi connectivity index (χ0v) is 17.4. The Balaban J connectivity index is 1.43. The first-order chi connectivity index (χ1) is 15.4. The lowest BCUT2D eigenvalue weighted by molar-refractivity contribution is -0.384. The molecule has 0 aliphatic carbocycles. The van der Waals surface area contributed by atoms with E-state index in [1.807, 2.05) is 4.90 Å². The number of esters is 1. The number of hydrogen-bond acceptors (Lipinski definition) is 6. The van der Waals surface area contributed by atoms with Gasteiger partial charge in [0.05, 0.1) is 21.9 Å². The summed E-state index contributed by atoms with van der Waals surface area (Å²) >= 11 is 0. The SMILES string of the molecule is CC(OC(=O)C1CCN(c2ccccc2[N+](=O)[O-])CC1)c1nc2ccccc2n1C(F)F. The molecule has 2 heterocycles. The van der Waals surface area contributed by atoms with Crippen LogP contribution in [-0.4, -0.2) is 33.5 Å². The van der Waals surface area contributed by atoms with Crippen LogP contribution < -0.4 is 4.90 Å². The fraction of sp³-hybridized carbons (Fsp3) is 0.364. The van der Waals surface area contributed by atoms with E-state index >= 15 is 0 Å². The van der Waals surface area contributed by atoms with Gasteiger partial charge in [0.15, 0.2) is 11.9 Å². The molecular formula is C22H22F2N4O4. The zero-order valence-electron chi connectivity index (χ0n) is 17.4. The highest BCUT2D eigenvalue weighted by Crippen LogP contribution is 2.33. The Labute approximate surface area is 182 Å². The van der Waals surface area contributed by atoms with E-state index in [9.17, 15) is 23.7 Å². The summed E-state index contributed by atoms with van der Waals surface area (Å²) < 4.78 is 33.6. The van der Waals surface area contributed by atoms with E-state index in [4.69, 9.17) is 4.74 Å². The Kier molecular flexibility index (Phi) is 6.02. The van der Waals surface area contributed by atoms with Crippen LogP contribution in [0.15, 0.2) is 48.5 Å².